The van der Waals surface area contributed by atoms with Crippen molar-refractivity contribution in [2.24, 2.45) is 0 Å². The first kappa shape index (κ1) is 22.7. The second-order valence-corrected chi connectivity index (χ2v) is 10.2. The molecule has 2 aromatic heterocycles. The number of piperazine rings is 1. The molecule has 1 fully saturated rings. The van der Waals surface area contributed by atoms with Gasteiger partial charge in [-0.2, -0.15) is 8.42 Å². The van der Waals surface area contributed by atoms with Crippen molar-refractivity contribution in [2.75, 3.05) is 43.9 Å². The first-order valence-corrected chi connectivity index (χ1v) is 12.9. The number of aryl methyl sites for hydroxylation is 3. The molecule has 0 aliphatic carbocycles. The quantitative estimate of drug-likeness (QED) is 0.431. The van der Waals surface area contributed by atoms with Crippen LogP contribution in [0.1, 0.15) is 29.5 Å². The topological polar surface area (TPSA) is 79.8 Å². The Balaban J connectivity index is 1.42. The second-order valence-electron chi connectivity index (χ2n) is 7.55. The summed E-state index contributed by atoms with van der Waals surface area (Å²) in [6.45, 7) is 5.05. The molecule has 2 aromatic rings. The summed E-state index contributed by atoms with van der Waals surface area (Å²) in [4.78, 5) is 21.5. The molecule has 0 N–H and O–H groups in total. The standard InChI is InChI=1S/C21H29N3O4S2/c1-17(25)23-9-11-24(12-10-23)20-8-7-19(22-15-20)6-5-18-14-21(29-16-18)4-3-13-28-30(2,26)27/h7-8,14-16H,3-6,9-13H2,1-2H3. The van der Waals surface area contributed by atoms with Crippen LogP contribution < -0.4 is 4.90 Å². The molecule has 0 spiro atoms. The van der Waals surface area contributed by atoms with Crippen molar-refractivity contribution in [1.29, 1.82) is 0 Å². The lowest BCUT2D eigenvalue weighted by Gasteiger charge is -2.35. The fourth-order valence-corrected chi connectivity index (χ4v) is 4.84. The Morgan fingerprint density at radius 1 is 1.17 bits per heavy atom. The predicted octanol–water partition coefficient (Wildman–Crippen LogP) is 2.51. The molecule has 0 saturated carbocycles. The van der Waals surface area contributed by atoms with E-state index in [4.69, 9.17) is 4.18 Å². The smallest absolute Gasteiger partial charge is 0.264 e. The summed E-state index contributed by atoms with van der Waals surface area (Å²) in [7, 11) is -3.35. The molecule has 0 radical (unpaired) electrons. The van der Waals surface area contributed by atoms with Crippen LogP contribution in [-0.4, -0.2) is 63.3 Å². The molecule has 1 aliphatic heterocycles. The molecule has 0 aromatic carbocycles. The van der Waals surface area contributed by atoms with Crippen molar-refractivity contribution >= 4 is 33.0 Å². The lowest BCUT2D eigenvalue weighted by atomic mass is 10.1. The number of carbonyl (C=O) groups is 1. The van der Waals surface area contributed by atoms with Crippen LogP contribution in [0, 0.1) is 0 Å². The maximum absolute atomic E-state index is 11.4. The van der Waals surface area contributed by atoms with Crippen molar-refractivity contribution in [3.05, 3.63) is 45.9 Å². The molecule has 7 nitrogen and oxygen atoms in total. The summed E-state index contributed by atoms with van der Waals surface area (Å²) < 4.78 is 26.7. The monoisotopic (exact) mass is 451 g/mol. The maximum Gasteiger partial charge on any atom is 0.264 e. The average Bonchev–Trinajstić information content (AvgIpc) is 3.17. The minimum absolute atomic E-state index is 0.141. The van der Waals surface area contributed by atoms with Gasteiger partial charge >= 0.3 is 0 Å². The third-order valence-electron chi connectivity index (χ3n) is 5.14. The Labute approximate surface area is 182 Å². The number of hydrogen-bond donors (Lipinski definition) is 0. The van der Waals surface area contributed by atoms with E-state index in [2.05, 4.69) is 33.5 Å². The van der Waals surface area contributed by atoms with Crippen LogP contribution in [0.5, 0.6) is 0 Å². The summed E-state index contributed by atoms with van der Waals surface area (Å²) in [5.41, 5.74) is 3.46. The highest BCUT2D eigenvalue weighted by molar-refractivity contribution is 7.85. The van der Waals surface area contributed by atoms with E-state index in [0.717, 1.165) is 63.1 Å². The largest absolute Gasteiger partial charge is 0.367 e. The van der Waals surface area contributed by atoms with E-state index in [1.807, 2.05) is 11.1 Å². The van der Waals surface area contributed by atoms with Crippen molar-refractivity contribution in [2.45, 2.75) is 32.6 Å². The summed E-state index contributed by atoms with van der Waals surface area (Å²) in [5.74, 6) is 0.141. The van der Waals surface area contributed by atoms with Gasteiger partial charge in [-0.25, -0.2) is 0 Å². The third kappa shape index (κ3) is 7.07. The Morgan fingerprint density at radius 2 is 1.93 bits per heavy atom. The van der Waals surface area contributed by atoms with Gasteiger partial charge < -0.3 is 9.80 Å². The van der Waals surface area contributed by atoms with Crippen LogP contribution in [0.25, 0.3) is 0 Å². The number of anilines is 1. The molecule has 164 valence electrons. The lowest BCUT2D eigenvalue weighted by Crippen LogP contribution is -2.48. The van der Waals surface area contributed by atoms with Crippen molar-refractivity contribution < 1.29 is 17.4 Å². The molecule has 3 rings (SSSR count). The molecule has 1 saturated heterocycles. The molecule has 9 heteroatoms. The van der Waals surface area contributed by atoms with Gasteiger partial charge in [0.1, 0.15) is 0 Å². The van der Waals surface area contributed by atoms with Gasteiger partial charge in [-0.1, -0.05) is 0 Å². The van der Waals surface area contributed by atoms with Crippen molar-refractivity contribution in [3.8, 4) is 0 Å². The maximum atomic E-state index is 11.4. The van der Waals surface area contributed by atoms with E-state index in [1.54, 1.807) is 18.3 Å². The predicted molar refractivity (Wildman–Crippen MR) is 120 cm³/mol. The van der Waals surface area contributed by atoms with Gasteiger partial charge in [-0.3, -0.25) is 14.0 Å². The van der Waals surface area contributed by atoms with E-state index >= 15 is 0 Å². The molecular formula is C21H29N3O4S2. The zero-order valence-corrected chi connectivity index (χ0v) is 19.2. The number of aromatic nitrogens is 1. The molecule has 0 bridgehead atoms. The Kier molecular flexibility index (Phi) is 7.85. The highest BCUT2D eigenvalue weighted by Crippen LogP contribution is 2.20. The van der Waals surface area contributed by atoms with Gasteiger partial charge in [0.05, 0.1) is 24.7 Å². The van der Waals surface area contributed by atoms with Gasteiger partial charge in [0, 0.05) is 43.7 Å². The Bertz CT molecular complexity index is 933. The highest BCUT2D eigenvalue weighted by atomic mass is 32.2. The van der Waals surface area contributed by atoms with Gasteiger partial charge in [0.25, 0.3) is 10.1 Å². The third-order valence-corrected chi connectivity index (χ3v) is 6.78. The molecule has 30 heavy (non-hydrogen) atoms. The van der Waals surface area contributed by atoms with E-state index in [1.165, 1.54) is 10.4 Å². The Hall–Kier alpha value is -1.97. The minimum Gasteiger partial charge on any atom is -0.367 e. The molecule has 1 amide bonds. The Morgan fingerprint density at radius 3 is 2.57 bits per heavy atom. The van der Waals surface area contributed by atoms with Crippen LogP contribution in [0.3, 0.4) is 0 Å². The zero-order chi connectivity index (χ0) is 21.6. The van der Waals surface area contributed by atoms with Crippen LogP contribution in [-0.2, 0) is 38.4 Å². The number of pyridine rings is 1. The molecule has 0 atom stereocenters. The molecule has 1 aliphatic rings. The van der Waals surface area contributed by atoms with Crippen LogP contribution in [0.2, 0.25) is 0 Å². The number of nitrogens with zero attached hydrogens (tertiary/aromatic N) is 3. The van der Waals surface area contributed by atoms with E-state index in [0.29, 0.717) is 6.42 Å². The van der Waals surface area contributed by atoms with Crippen LogP contribution >= 0.6 is 11.3 Å². The van der Waals surface area contributed by atoms with Gasteiger partial charge in [-0.05, 0) is 54.8 Å². The fourth-order valence-electron chi connectivity index (χ4n) is 3.45. The summed E-state index contributed by atoms with van der Waals surface area (Å²) in [5, 5.41) is 2.16. The number of hydrogen-bond acceptors (Lipinski definition) is 7. The zero-order valence-electron chi connectivity index (χ0n) is 17.5. The van der Waals surface area contributed by atoms with Crippen molar-refractivity contribution in [3.63, 3.8) is 0 Å². The molecular weight excluding hydrogens is 422 g/mol. The van der Waals surface area contributed by atoms with Crippen molar-refractivity contribution in [1.82, 2.24) is 9.88 Å². The molecule has 0 unspecified atom stereocenters. The van der Waals surface area contributed by atoms with Crippen LogP contribution in [0.15, 0.2) is 29.8 Å². The average molecular weight is 452 g/mol. The van der Waals surface area contributed by atoms with E-state index < -0.39 is 10.1 Å². The molecule has 3 heterocycles. The van der Waals surface area contributed by atoms with E-state index in [9.17, 15) is 13.2 Å². The number of rotatable bonds is 9. The van der Waals surface area contributed by atoms with Gasteiger partial charge in [0.2, 0.25) is 5.91 Å². The lowest BCUT2D eigenvalue weighted by molar-refractivity contribution is -0.129. The SMILES string of the molecule is CC(=O)N1CCN(c2ccc(CCc3csc(CCCOS(C)(=O)=O)c3)nc2)CC1. The minimum atomic E-state index is -3.35. The summed E-state index contributed by atoms with van der Waals surface area (Å²) in [6, 6.07) is 6.39. The van der Waals surface area contributed by atoms with Gasteiger partial charge in [0.15, 0.2) is 0 Å². The first-order valence-electron chi connectivity index (χ1n) is 10.2. The first-order chi connectivity index (χ1) is 14.3. The van der Waals surface area contributed by atoms with Crippen LogP contribution in [0.4, 0.5) is 5.69 Å². The van der Waals surface area contributed by atoms with E-state index in [-0.39, 0.29) is 12.5 Å². The second kappa shape index (κ2) is 10.4. The normalized spacial score (nSPS) is 14.9. The highest BCUT2D eigenvalue weighted by Gasteiger charge is 2.18. The summed E-state index contributed by atoms with van der Waals surface area (Å²) in [6.07, 6.45) is 6.33. The number of thiophene rings is 1. The fraction of sp³-hybridized carbons (Fsp3) is 0.524. The number of carbonyl (C=O) groups excluding carboxylic acids is 1. The summed E-state index contributed by atoms with van der Waals surface area (Å²) >= 11 is 1.71. The van der Waals surface area contributed by atoms with Gasteiger partial charge in [-0.15, -0.1) is 11.3 Å². The number of amides is 1.